The smallest absolute Gasteiger partial charge is 0.253 e. The van der Waals surface area contributed by atoms with Crippen molar-refractivity contribution in [3.05, 3.63) is 28.2 Å². The van der Waals surface area contributed by atoms with Crippen LogP contribution in [0.3, 0.4) is 0 Å². The first kappa shape index (κ1) is 15.3. The summed E-state index contributed by atoms with van der Waals surface area (Å²) in [5.74, 6) is 1.35. The molecule has 1 amide bonds. The van der Waals surface area contributed by atoms with Gasteiger partial charge >= 0.3 is 0 Å². The molecule has 0 aromatic heterocycles. The first-order valence-electron chi connectivity index (χ1n) is 6.91. The number of nitrogens with zero attached hydrogens (tertiary/aromatic N) is 1. The van der Waals surface area contributed by atoms with Gasteiger partial charge in [-0.1, -0.05) is 0 Å². The van der Waals surface area contributed by atoms with Crippen LogP contribution in [-0.4, -0.2) is 44.6 Å². The summed E-state index contributed by atoms with van der Waals surface area (Å²) in [5, 5.41) is 3.38. The van der Waals surface area contributed by atoms with Gasteiger partial charge in [-0.25, -0.2) is 0 Å². The van der Waals surface area contributed by atoms with Crippen LogP contribution in [0, 0.1) is 5.92 Å². The molecule has 1 aromatic carbocycles. The van der Waals surface area contributed by atoms with Gasteiger partial charge in [-0.3, -0.25) is 4.79 Å². The molecule has 2 rings (SSSR count). The van der Waals surface area contributed by atoms with Crippen LogP contribution < -0.4 is 10.1 Å². The highest BCUT2D eigenvalue weighted by molar-refractivity contribution is 9.10. The Kier molecular flexibility index (Phi) is 5.43. The molecule has 1 N–H and O–H groups in total. The topological polar surface area (TPSA) is 41.6 Å². The summed E-state index contributed by atoms with van der Waals surface area (Å²) in [6, 6.07) is 5.44. The maximum Gasteiger partial charge on any atom is 0.253 e. The second-order valence-corrected chi connectivity index (χ2v) is 6.10. The van der Waals surface area contributed by atoms with Crippen molar-refractivity contribution in [2.75, 3.05) is 33.8 Å². The van der Waals surface area contributed by atoms with E-state index in [9.17, 15) is 4.79 Å². The lowest BCUT2D eigenvalue weighted by Crippen LogP contribution is -2.39. The molecule has 1 atom stereocenters. The molecule has 0 bridgehead atoms. The van der Waals surface area contributed by atoms with Crippen molar-refractivity contribution >= 4 is 21.8 Å². The Morgan fingerprint density at radius 1 is 1.55 bits per heavy atom. The van der Waals surface area contributed by atoms with E-state index < -0.39 is 0 Å². The lowest BCUT2D eigenvalue weighted by molar-refractivity contribution is 0.0764. The van der Waals surface area contributed by atoms with Crippen molar-refractivity contribution in [1.82, 2.24) is 10.2 Å². The molecule has 0 spiro atoms. The summed E-state index contributed by atoms with van der Waals surface area (Å²) in [6.45, 7) is 2.90. The van der Waals surface area contributed by atoms with E-state index in [4.69, 9.17) is 4.74 Å². The van der Waals surface area contributed by atoms with Crippen molar-refractivity contribution in [1.29, 1.82) is 0 Å². The Morgan fingerprint density at radius 2 is 2.35 bits per heavy atom. The van der Waals surface area contributed by atoms with E-state index >= 15 is 0 Å². The highest BCUT2D eigenvalue weighted by atomic mass is 79.9. The molecule has 1 saturated heterocycles. The minimum atomic E-state index is 0.0546. The number of ether oxygens (including phenoxy) is 1. The van der Waals surface area contributed by atoms with Gasteiger partial charge in [0.05, 0.1) is 11.6 Å². The lowest BCUT2D eigenvalue weighted by Gasteiger charge is -2.27. The van der Waals surface area contributed by atoms with Crippen molar-refractivity contribution in [3.63, 3.8) is 0 Å². The van der Waals surface area contributed by atoms with Crippen LogP contribution in [0.15, 0.2) is 22.7 Å². The van der Waals surface area contributed by atoms with Gasteiger partial charge in [0, 0.05) is 19.2 Å². The molecule has 4 nitrogen and oxygen atoms in total. The molecule has 1 aromatic rings. The number of carbonyl (C=O) groups is 1. The number of rotatable bonds is 4. The second kappa shape index (κ2) is 7.09. The lowest BCUT2D eigenvalue weighted by atomic mass is 9.99. The van der Waals surface area contributed by atoms with Gasteiger partial charge in [0.1, 0.15) is 5.75 Å². The van der Waals surface area contributed by atoms with Crippen molar-refractivity contribution in [2.45, 2.75) is 12.8 Å². The van der Waals surface area contributed by atoms with Gasteiger partial charge in [0.15, 0.2) is 0 Å². The summed E-state index contributed by atoms with van der Waals surface area (Å²) in [5.41, 5.74) is 0.684. The zero-order valence-corrected chi connectivity index (χ0v) is 13.6. The average molecular weight is 341 g/mol. The summed E-state index contributed by atoms with van der Waals surface area (Å²) < 4.78 is 5.99. The predicted octanol–water partition coefficient (Wildman–Crippen LogP) is 2.53. The zero-order valence-electron chi connectivity index (χ0n) is 12.0. The third-order valence-corrected chi connectivity index (χ3v) is 4.30. The Labute approximate surface area is 128 Å². The molecule has 0 saturated carbocycles. The predicted molar refractivity (Wildman–Crippen MR) is 83.2 cm³/mol. The number of hydrogen-bond donors (Lipinski definition) is 1. The molecule has 1 aliphatic heterocycles. The number of nitrogens with one attached hydrogen (secondary N) is 1. The molecule has 1 fully saturated rings. The first-order valence-corrected chi connectivity index (χ1v) is 7.71. The molecular formula is C15H21BrN2O2. The minimum absolute atomic E-state index is 0.0546. The number of benzene rings is 1. The van der Waals surface area contributed by atoms with Gasteiger partial charge < -0.3 is 15.0 Å². The van der Waals surface area contributed by atoms with Gasteiger partial charge in [-0.05, 0) is 66.0 Å². The maximum absolute atomic E-state index is 12.4. The van der Waals surface area contributed by atoms with Crippen molar-refractivity contribution in [2.24, 2.45) is 5.92 Å². The normalized spacial score (nSPS) is 18.6. The van der Waals surface area contributed by atoms with Crippen LogP contribution in [0.25, 0.3) is 0 Å². The Balaban J connectivity index is 2.00. The van der Waals surface area contributed by atoms with Crippen LogP contribution in [0.4, 0.5) is 0 Å². The number of halogens is 1. The highest BCUT2D eigenvalue weighted by Gasteiger charge is 2.19. The Morgan fingerprint density at radius 3 is 2.95 bits per heavy atom. The molecule has 110 valence electrons. The van der Waals surface area contributed by atoms with Crippen LogP contribution in [0.5, 0.6) is 5.75 Å². The highest BCUT2D eigenvalue weighted by Crippen LogP contribution is 2.26. The molecule has 0 radical (unpaired) electrons. The van der Waals surface area contributed by atoms with E-state index in [0.29, 0.717) is 11.5 Å². The largest absolute Gasteiger partial charge is 0.496 e. The molecule has 1 heterocycles. The van der Waals surface area contributed by atoms with Crippen LogP contribution >= 0.6 is 15.9 Å². The van der Waals surface area contributed by atoms with Crippen LogP contribution in [0.1, 0.15) is 23.2 Å². The number of piperidine rings is 1. The Hall–Kier alpha value is -1.07. The monoisotopic (exact) mass is 340 g/mol. The molecule has 1 unspecified atom stereocenters. The summed E-state index contributed by atoms with van der Waals surface area (Å²) in [6.07, 6.45) is 2.39. The van der Waals surface area contributed by atoms with Crippen molar-refractivity contribution in [3.8, 4) is 5.75 Å². The first-order chi connectivity index (χ1) is 9.61. The van der Waals surface area contributed by atoms with E-state index in [1.165, 1.54) is 12.8 Å². The summed E-state index contributed by atoms with van der Waals surface area (Å²) >= 11 is 3.42. The number of amides is 1. The summed E-state index contributed by atoms with van der Waals surface area (Å²) in [4.78, 5) is 14.2. The molecular weight excluding hydrogens is 320 g/mol. The number of methoxy groups -OCH3 is 1. The standard InChI is InChI=1S/C15H21BrN2O2/c1-18(10-11-4-3-7-17-9-11)15(19)12-5-6-14(20-2)13(16)8-12/h5-6,8,11,17H,3-4,7,9-10H2,1-2H3. The van der Waals surface area contributed by atoms with E-state index in [2.05, 4.69) is 21.2 Å². The Bertz CT molecular complexity index is 473. The molecule has 20 heavy (non-hydrogen) atoms. The van der Waals surface area contributed by atoms with Gasteiger partial charge in [-0.2, -0.15) is 0 Å². The zero-order chi connectivity index (χ0) is 14.5. The van der Waals surface area contributed by atoms with Crippen LogP contribution in [0.2, 0.25) is 0 Å². The maximum atomic E-state index is 12.4. The van der Waals surface area contributed by atoms with Gasteiger partial charge in [0.25, 0.3) is 5.91 Å². The fourth-order valence-corrected chi connectivity index (χ4v) is 3.11. The third-order valence-electron chi connectivity index (χ3n) is 3.68. The second-order valence-electron chi connectivity index (χ2n) is 5.25. The SMILES string of the molecule is COc1ccc(C(=O)N(C)CC2CCCNC2)cc1Br. The minimum Gasteiger partial charge on any atom is -0.496 e. The van der Waals surface area contributed by atoms with Gasteiger partial charge in [0.2, 0.25) is 0 Å². The summed E-state index contributed by atoms with van der Waals surface area (Å²) in [7, 11) is 3.48. The fourth-order valence-electron chi connectivity index (χ4n) is 2.57. The average Bonchev–Trinajstić information content (AvgIpc) is 2.47. The molecule has 5 heteroatoms. The quantitative estimate of drug-likeness (QED) is 0.915. The van der Waals surface area contributed by atoms with E-state index in [1.807, 2.05) is 30.1 Å². The molecule has 1 aliphatic rings. The van der Waals surface area contributed by atoms with Crippen LogP contribution in [-0.2, 0) is 0 Å². The van der Waals surface area contributed by atoms with Crippen molar-refractivity contribution < 1.29 is 9.53 Å². The van der Waals surface area contributed by atoms with E-state index in [0.717, 1.165) is 29.9 Å². The fraction of sp³-hybridized carbons (Fsp3) is 0.533. The van der Waals surface area contributed by atoms with E-state index in [1.54, 1.807) is 7.11 Å². The van der Waals surface area contributed by atoms with Gasteiger partial charge in [-0.15, -0.1) is 0 Å². The number of hydrogen-bond acceptors (Lipinski definition) is 3. The number of carbonyl (C=O) groups excluding carboxylic acids is 1. The third kappa shape index (κ3) is 3.73. The molecule has 0 aliphatic carbocycles. The van der Waals surface area contributed by atoms with E-state index in [-0.39, 0.29) is 5.91 Å².